The summed E-state index contributed by atoms with van der Waals surface area (Å²) in [6.45, 7) is 1.62. The Hall–Kier alpha value is -1.41. The number of aryl methyl sites for hydroxylation is 2. The van der Waals surface area contributed by atoms with Crippen molar-refractivity contribution in [2.24, 2.45) is 0 Å². The molecule has 158 valence electrons. The molecule has 0 radical (unpaired) electrons. The number of carbonyl (C=O) groups excluding carboxylic acids is 1. The Morgan fingerprint density at radius 2 is 1.90 bits per heavy atom. The van der Waals surface area contributed by atoms with Crippen molar-refractivity contribution in [3.63, 3.8) is 0 Å². The Morgan fingerprint density at radius 3 is 2.65 bits per heavy atom. The van der Waals surface area contributed by atoms with Crippen LogP contribution in [0.3, 0.4) is 0 Å². The van der Waals surface area contributed by atoms with Gasteiger partial charge < -0.3 is 6.74 Å². The van der Waals surface area contributed by atoms with Crippen LogP contribution in [0, 0.1) is 11.3 Å². The summed E-state index contributed by atoms with van der Waals surface area (Å²) in [4.78, 5) is 15.6. The topological polar surface area (TPSA) is 102 Å². The summed E-state index contributed by atoms with van der Waals surface area (Å²) in [6, 6.07) is 5.30. The molecule has 2 amide bonds. The molecule has 0 saturated carbocycles. The smallest absolute Gasteiger partial charge is 1.00 e. The average molecular weight is 467 g/mol. The number of hydrogen-bond donors (Lipinski definition) is 2. The van der Waals surface area contributed by atoms with Crippen molar-refractivity contribution in [2.45, 2.75) is 49.3 Å². The van der Waals surface area contributed by atoms with Gasteiger partial charge in [0, 0.05) is 23.7 Å². The molecule has 1 aromatic heterocycles. The zero-order valence-electron chi connectivity index (χ0n) is 18.5. The van der Waals surface area contributed by atoms with E-state index >= 15 is 0 Å². The Bertz CT molecular complexity index is 1210. The van der Waals surface area contributed by atoms with Crippen LogP contribution in [-0.4, -0.2) is 32.4 Å². The molecule has 7 nitrogen and oxygen atoms in total. The normalized spacial score (nSPS) is 16.7. The van der Waals surface area contributed by atoms with Gasteiger partial charge in [0.25, 0.3) is 10.0 Å². The number of fused-ring (bicyclic) bond motifs is 3. The van der Waals surface area contributed by atoms with Gasteiger partial charge in [-0.1, -0.05) is 6.07 Å². The zero-order chi connectivity index (χ0) is 20.9. The van der Waals surface area contributed by atoms with Gasteiger partial charge in [-0.2, -0.15) is 5.26 Å². The molecule has 31 heavy (non-hydrogen) atoms. The van der Waals surface area contributed by atoms with Gasteiger partial charge in [-0.05, 0) is 72.4 Å². The van der Waals surface area contributed by atoms with Gasteiger partial charge in [0.15, 0.2) is 0 Å². The molecule has 0 atom stereocenters. The molecule has 1 aliphatic heterocycles. The Morgan fingerprint density at radius 1 is 1.13 bits per heavy atom. The number of carbonyl (C=O) groups is 1. The van der Waals surface area contributed by atoms with Gasteiger partial charge in [0.1, 0.15) is 4.21 Å². The first-order valence-electron chi connectivity index (χ1n) is 10.2. The van der Waals surface area contributed by atoms with Gasteiger partial charge in [0.2, 0.25) is 0 Å². The summed E-state index contributed by atoms with van der Waals surface area (Å²) in [5.74, 6) is 0. The van der Waals surface area contributed by atoms with Crippen molar-refractivity contribution >= 4 is 33.1 Å². The second-order valence-corrected chi connectivity index (χ2v) is 11.1. The van der Waals surface area contributed by atoms with Gasteiger partial charge in [-0.15, -0.1) is 11.3 Å². The minimum atomic E-state index is -3.95. The number of nitriles is 1. The average Bonchev–Trinajstić information content (AvgIpc) is 3.30. The van der Waals surface area contributed by atoms with Crippen LogP contribution >= 0.6 is 11.3 Å². The van der Waals surface area contributed by atoms with Gasteiger partial charge in [-0.25, -0.2) is 17.9 Å². The molecule has 0 saturated heterocycles. The number of rotatable bonds is 4. The number of hydrogen-bond acceptors (Lipinski definition) is 6. The number of nitrogens with zero attached hydrogens (tertiary/aromatic N) is 2. The van der Waals surface area contributed by atoms with Crippen LogP contribution < -0.4 is 39.6 Å². The minimum absolute atomic E-state index is 0. The maximum Gasteiger partial charge on any atom is 1.00 e. The van der Waals surface area contributed by atoms with Crippen molar-refractivity contribution in [3.05, 3.63) is 44.8 Å². The predicted octanol–water partition coefficient (Wildman–Crippen LogP) is -0.156. The third-order valence-electron chi connectivity index (χ3n) is 6.19. The SMILES string of the molecule is N#CCN1CCc2sc(S(=O)(=O)NC(=O)Nc3c4c(cc5c3CC5)CCC4)cc2C1.[H-].[Na+]. The second-order valence-electron chi connectivity index (χ2n) is 8.07. The quantitative estimate of drug-likeness (QED) is 0.482. The fraction of sp³-hybridized carbons (Fsp3) is 0.429. The summed E-state index contributed by atoms with van der Waals surface area (Å²) in [5.41, 5.74) is 6.58. The van der Waals surface area contributed by atoms with E-state index in [1.165, 1.54) is 22.5 Å². The Labute approximate surface area is 209 Å². The Balaban J connectivity index is 0.00000144. The van der Waals surface area contributed by atoms with Crippen LogP contribution in [-0.2, 0) is 48.7 Å². The summed E-state index contributed by atoms with van der Waals surface area (Å²) >= 11 is 1.21. The van der Waals surface area contributed by atoms with Crippen LogP contribution in [0.2, 0.25) is 0 Å². The third kappa shape index (κ3) is 4.30. The fourth-order valence-electron chi connectivity index (χ4n) is 4.64. The second kappa shape index (κ2) is 8.85. The van der Waals surface area contributed by atoms with Crippen molar-refractivity contribution in [3.8, 4) is 6.07 Å². The van der Waals surface area contributed by atoms with E-state index < -0.39 is 16.1 Å². The maximum absolute atomic E-state index is 12.8. The third-order valence-corrected chi connectivity index (χ3v) is 9.23. The van der Waals surface area contributed by atoms with Crippen LogP contribution in [0.4, 0.5) is 10.5 Å². The fourth-order valence-corrected chi connectivity index (χ4v) is 7.09. The number of nitrogens with one attached hydrogen (secondary N) is 2. The molecule has 0 unspecified atom stereocenters. The molecule has 0 fully saturated rings. The van der Waals surface area contributed by atoms with E-state index in [9.17, 15) is 13.2 Å². The summed E-state index contributed by atoms with van der Waals surface area (Å²) in [7, 11) is -3.95. The van der Waals surface area contributed by atoms with Crippen molar-refractivity contribution < 1.29 is 44.2 Å². The number of sulfonamides is 1. The number of anilines is 1. The van der Waals surface area contributed by atoms with Crippen LogP contribution in [0.5, 0.6) is 0 Å². The molecule has 0 spiro atoms. The molecule has 3 aliphatic rings. The zero-order valence-corrected chi connectivity index (χ0v) is 21.1. The van der Waals surface area contributed by atoms with Gasteiger partial charge in [0.05, 0.1) is 12.6 Å². The summed E-state index contributed by atoms with van der Waals surface area (Å²) in [6.07, 6.45) is 5.65. The summed E-state index contributed by atoms with van der Waals surface area (Å²) < 4.78 is 28.0. The van der Waals surface area contributed by atoms with Gasteiger partial charge in [-0.3, -0.25) is 4.90 Å². The molecular weight excluding hydrogens is 443 g/mol. The van der Waals surface area contributed by atoms with Crippen molar-refractivity contribution in [1.29, 1.82) is 5.26 Å². The van der Waals surface area contributed by atoms with Crippen LogP contribution in [0.15, 0.2) is 16.3 Å². The van der Waals surface area contributed by atoms with E-state index in [1.807, 2.05) is 4.90 Å². The van der Waals surface area contributed by atoms with E-state index in [-0.39, 0.29) is 35.2 Å². The monoisotopic (exact) mass is 466 g/mol. The van der Waals surface area contributed by atoms with E-state index in [0.29, 0.717) is 19.5 Å². The molecule has 0 bridgehead atoms. The number of thiophene rings is 1. The number of amides is 2. The molecular formula is C21H23N4NaO3S2. The number of benzene rings is 1. The molecule has 2 heterocycles. The molecule has 5 rings (SSSR count). The molecule has 2 aliphatic carbocycles. The van der Waals surface area contributed by atoms with E-state index in [0.717, 1.165) is 65.9 Å². The van der Waals surface area contributed by atoms with E-state index in [4.69, 9.17) is 5.26 Å². The van der Waals surface area contributed by atoms with Crippen LogP contribution in [0.1, 0.15) is 40.5 Å². The first-order valence-corrected chi connectivity index (χ1v) is 12.5. The first-order chi connectivity index (χ1) is 14.4. The minimum Gasteiger partial charge on any atom is -1.00 e. The Kier molecular flexibility index (Phi) is 6.50. The number of urea groups is 1. The van der Waals surface area contributed by atoms with E-state index in [2.05, 4.69) is 22.2 Å². The molecule has 10 heteroatoms. The van der Waals surface area contributed by atoms with E-state index in [1.54, 1.807) is 6.07 Å². The molecule has 2 N–H and O–H groups in total. The van der Waals surface area contributed by atoms with Gasteiger partial charge >= 0.3 is 35.6 Å². The first kappa shape index (κ1) is 22.8. The largest absolute Gasteiger partial charge is 1.00 e. The standard InChI is InChI=1S/C21H22N4O3S2.Na.H/c22-7-9-25-8-6-18-15(12-25)11-19(29-18)30(27,28)24-21(26)23-20-16-3-1-2-13(16)10-14-4-5-17(14)20;;/h10-11H,1-6,8-9,12H2,(H2,23,24,26);;/q;+1;-1. The molecule has 2 aromatic rings. The van der Waals surface area contributed by atoms with Crippen LogP contribution in [0.25, 0.3) is 0 Å². The summed E-state index contributed by atoms with van der Waals surface area (Å²) in [5, 5.41) is 11.7. The molecule has 1 aromatic carbocycles. The predicted molar refractivity (Wildman–Crippen MR) is 115 cm³/mol. The van der Waals surface area contributed by atoms with Crippen molar-refractivity contribution in [2.75, 3.05) is 18.4 Å². The maximum atomic E-state index is 12.8. The van der Waals surface area contributed by atoms with Crippen molar-refractivity contribution in [1.82, 2.24) is 9.62 Å².